The van der Waals surface area contributed by atoms with Crippen LogP contribution in [0, 0.1) is 0 Å². The second kappa shape index (κ2) is 8.09. The molecule has 6 rings (SSSR count). The van der Waals surface area contributed by atoms with E-state index in [4.69, 9.17) is 4.98 Å². The van der Waals surface area contributed by atoms with Gasteiger partial charge in [-0.25, -0.2) is 4.98 Å². The summed E-state index contributed by atoms with van der Waals surface area (Å²) >= 11 is 0. The van der Waals surface area contributed by atoms with Gasteiger partial charge < -0.3 is 4.90 Å². The standard InChI is InChI=1S/C26H22N6O/c33-26(31-14-10-18(11-15-31)25-30-29-24-9-3-4-13-32(24)25)21-16-23(19-6-5-12-27-17-19)28-22-8-2-1-7-20(21)22/h1-9,12-13,16-18H,10-11,14-15H2. The van der Waals surface area contributed by atoms with Crippen molar-refractivity contribution < 1.29 is 4.79 Å². The molecule has 1 aliphatic heterocycles. The van der Waals surface area contributed by atoms with Crippen molar-refractivity contribution in [3.05, 3.63) is 90.6 Å². The fourth-order valence-electron chi connectivity index (χ4n) is 4.66. The first-order chi connectivity index (χ1) is 16.3. The van der Waals surface area contributed by atoms with E-state index in [9.17, 15) is 4.79 Å². The Labute approximate surface area is 190 Å². The summed E-state index contributed by atoms with van der Waals surface area (Å²) in [7, 11) is 0. The highest BCUT2D eigenvalue weighted by molar-refractivity contribution is 6.07. The Kier molecular flexibility index (Phi) is 4.79. The Balaban J connectivity index is 1.29. The van der Waals surface area contributed by atoms with Gasteiger partial charge in [0.05, 0.1) is 16.8 Å². The third-order valence-electron chi connectivity index (χ3n) is 6.39. The van der Waals surface area contributed by atoms with Gasteiger partial charge in [-0.3, -0.25) is 14.2 Å². The zero-order valence-corrected chi connectivity index (χ0v) is 18.0. The van der Waals surface area contributed by atoms with Crippen molar-refractivity contribution in [2.24, 2.45) is 0 Å². The maximum absolute atomic E-state index is 13.7. The lowest BCUT2D eigenvalue weighted by Crippen LogP contribution is -2.38. The van der Waals surface area contributed by atoms with Crippen molar-refractivity contribution in [2.75, 3.05) is 13.1 Å². The molecule has 4 aromatic heterocycles. The van der Waals surface area contributed by atoms with E-state index in [0.717, 1.165) is 46.5 Å². The lowest BCUT2D eigenvalue weighted by Gasteiger charge is -2.31. The molecule has 0 aliphatic carbocycles. The third kappa shape index (κ3) is 3.51. The molecule has 5 heterocycles. The molecule has 0 bridgehead atoms. The Hall–Kier alpha value is -4.13. The van der Waals surface area contributed by atoms with Gasteiger partial charge in [0.1, 0.15) is 5.82 Å². The molecule has 162 valence electrons. The van der Waals surface area contributed by atoms with Crippen LogP contribution < -0.4 is 0 Å². The van der Waals surface area contributed by atoms with Crippen molar-refractivity contribution in [3.63, 3.8) is 0 Å². The summed E-state index contributed by atoms with van der Waals surface area (Å²) in [5.74, 6) is 1.31. The van der Waals surface area contributed by atoms with Crippen LogP contribution in [0.2, 0.25) is 0 Å². The zero-order chi connectivity index (χ0) is 22.2. The van der Waals surface area contributed by atoms with Gasteiger partial charge in [-0.15, -0.1) is 10.2 Å². The fourth-order valence-corrected chi connectivity index (χ4v) is 4.66. The minimum atomic E-state index is 0.0447. The van der Waals surface area contributed by atoms with Gasteiger partial charge in [0.25, 0.3) is 5.91 Å². The molecule has 1 aromatic carbocycles. The minimum Gasteiger partial charge on any atom is -0.339 e. The van der Waals surface area contributed by atoms with Crippen LogP contribution >= 0.6 is 0 Å². The molecule has 1 amide bonds. The SMILES string of the molecule is O=C(c1cc(-c2cccnc2)nc2ccccc12)N1CCC(c2nnc3ccccn23)CC1. The maximum Gasteiger partial charge on any atom is 0.254 e. The van der Waals surface area contributed by atoms with Gasteiger partial charge in [0.15, 0.2) is 5.65 Å². The number of benzene rings is 1. The Morgan fingerprint density at radius 3 is 2.64 bits per heavy atom. The van der Waals surface area contributed by atoms with Crippen LogP contribution in [-0.4, -0.2) is 48.5 Å². The van der Waals surface area contributed by atoms with Gasteiger partial charge in [0, 0.05) is 48.5 Å². The van der Waals surface area contributed by atoms with Crippen molar-refractivity contribution in [3.8, 4) is 11.3 Å². The molecule has 5 aromatic rings. The quantitative estimate of drug-likeness (QED) is 0.422. The monoisotopic (exact) mass is 434 g/mol. The number of likely N-dealkylation sites (tertiary alicyclic amines) is 1. The first kappa shape index (κ1) is 19.5. The molecule has 0 spiro atoms. The molecular weight excluding hydrogens is 412 g/mol. The summed E-state index contributed by atoms with van der Waals surface area (Å²) in [5.41, 5.74) is 4.01. The van der Waals surface area contributed by atoms with Crippen molar-refractivity contribution in [1.82, 2.24) is 29.5 Å². The van der Waals surface area contributed by atoms with Crippen molar-refractivity contribution in [2.45, 2.75) is 18.8 Å². The Morgan fingerprint density at radius 2 is 1.79 bits per heavy atom. The highest BCUT2D eigenvalue weighted by Gasteiger charge is 2.28. The number of piperidine rings is 1. The molecule has 1 aliphatic rings. The molecular formula is C26H22N6O. The highest BCUT2D eigenvalue weighted by Crippen LogP contribution is 2.30. The lowest BCUT2D eigenvalue weighted by molar-refractivity contribution is 0.0713. The van der Waals surface area contributed by atoms with Crippen LogP contribution in [0.4, 0.5) is 0 Å². The topological polar surface area (TPSA) is 76.3 Å². The molecule has 0 N–H and O–H groups in total. The summed E-state index contributed by atoms with van der Waals surface area (Å²) in [4.78, 5) is 24.6. The first-order valence-electron chi connectivity index (χ1n) is 11.2. The van der Waals surface area contributed by atoms with Gasteiger partial charge in [-0.2, -0.15) is 0 Å². The van der Waals surface area contributed by atoms with Crippen molar-refractivity contribution >= 4 is 22.5 Å². The molecule has 1 fully saturated rings. The summed E-state index contributed by atoms with van der Waals surface area (Å²) in [6, 6.07) is 19.5. The second-order valence-electron chi connectivity index (χ2n) is 8.37. The number of carbonyl (C=O) groups excluding carboxylic acids is 1. The average molecular weight is 435 g/mol. The predicted molar refractivity (Wildman–Crippen MR) is 126 cm³/mol. The number of nitrogens with zero attached hydrogens (tertiary/aromatic N) is 6. The smallest absolute Gasteiger partial charge is 0.254 e. The van der Waals surface area contributed by atoms with E-state index >= 15 is 0 Å². The molecule has 0 radical (unpaired) electrons. The number of amides is 1. The molecule has 33 heavy (non-hydrogen) atoms. The molecule has 7 nitrogen and oxygen atoms in total. The van der Waals surface area contributed by atoms with E-state index in [2.05, 4.69) is 19.6 Å². The number of para-hydroxylation sites is 1. The number of pyridine rings is 3. The van der Waals surface area contributed by atoms with E-state index in [1.807, 2.05) is 71.8 Å². The van der Waals surface area contributed by atoms with Crippen LogP contribution in [0.1, 0.15) is 34.9 Å². The van der Waals surface area contributed by atoms with Gasteiger partial charge >= 0.3 is 0 Å². The van der Waals surface area contributed by atoms with E-state index in [0.29, 0.717) is 18.7 Å². The van der Waals surface area contributed by atoms with Crippen LogP contribution in [0.25, 0.3) is 27.8 Å². The van der Waals surface area contributed by atoms with E-state index in [1.54, 1.807) is 12.4 Å². The second-order valence-corrected chi connectivity index (χ2v) is 8.37. The summed E-state index contributed by atoms with van der Waals surface area (Å²) in [6.45, 7) is 1.37. The number of aromatic nitrogens is 5. The van der Waals surface area contributed by atoms with Crippen LogP contribution in [0.15, 0.2) is 79.3 Å². The summed E-state index contributed by atoms with van der Waals surface area (Å²) < 4.78 is 2.05. The molecule has 1 saturated heterocycles. The summed E-state index contributed by atoms with van der Waals surface area (Å²) in [6.07, 6.45) is 7.24. The number of hydrogen-bond donors (Lipinski definition) is 0. The molecule has 7 heteroatoms. The fraction of sp³-hybridized carbons (Fsp3) is 0.192. The first-order valence-corrected chi connectivity index (χ1v) is 11.2. The summed E-state index contributed by atoms with van der Waals surface area (Å²) in [5, 5.41) is 9.59. The lowest BCUT2D eigenvalue weighted by atomic mass is 9.95. The van der Waals surface area contributed by atoms with Crippen LogP contribution in [0.3, 0.4) is 0 Å². The van der Waals surface area contributed by atoms with Crippen molar-refractivity contribution in [1.29, 1.82) is 0 Å². The predicted octanol–water partition coefficient (Wildman–Crippen LogP) is 4.36. The number of fused-ring (bicyclic) bond motifs is 2. The molecule has 0 saturated carbocycles. The van der Waals surface area contributed by atoms with Gasteiger partial charge in [0.2, 0.25) is 0 Å². The molecule has 0 atom stereocenters. The number of hydrogen-bond acceptors (Lipinski definition) is 5. The average Bonchev–Trinajstić information content (AvgIpc) is 3.32. The number of carbonyl (C=O) groups is 1. The van der Waals surface area contributed by atoms with Crippen LogP contribution in [-0.2, 0) is 0 Å². The number of rotatable bonds is 3. The Bertz CT molecular complexity index is 1450. The zero-order valence-electron chi connectivity index (χ0n) is 18.0. The van der Waals surface area contributed by atoms with E-state index in [-0.39, 0.29) is 11.8 Å². The van der Waals surface area contributed by atoms with Gasteiger partial charge in [-0.05, 0) is 49.2 Å². The highest BCUT2D eigenvalue weighted by atomic mass is 16.2. The van der Waals surface area contributed by atoms with Crippen LogP contribution in [0.5, 0.6) is 0 Å². The maximum atomic E-state index is 13.7. The van der Waals surface area contributed by atoms with Gasteiger partial charge in [-0.1, -0.05) is 24.3 Å². The normalized spacial score (nSPS) is 14.7. The minimum absolute atomic E-state index is 0.0447. The third-order valence-corrected chi connectivity index (χ3v) is 6.39. The van der Waals surface area contributed by atoms with E-state index < -0.39 is 0 Å². The Morgan fingerprint density at radius 1 is 0.939 bits per heavy atom. The molecule has 0 unspecified atom stereocenters. The van der Waals surface area contributed by atoms with E-state index in [1.165, 1.54) is 0 Å². The largest absolute Gasteiger partial charge is 0.339 e.